The van der Waals surface area contributed by atoms with Crippen LogP contribution < -0.4 is 5.32 Å². The smallest absolute Gasteiger partial charge is 0.254 e. The van der Waals surface area contributed by atoms with Gasteiger partial charge in [0.05, 0.1) is 10.6 Å². The fraction of sp³-hybridized carbons (Fsp3) is 0.417. The highest BCUT2D eigenvalue weighted by Crippen LogP contribution is 2.20. The molecule has 1 amide bonds. The van der Waals surface area contributed by atoms with Crippen molar-refractivity contribution in [3.8, 4) is 0 Å². The van der Waals surface area contributed by atoms with Crippen LogP contribution in [0.3, 0.4) is 0 Å². The number of hydrogen-bond acceptors (Lipinski definition) is 1. The standard InChI is InChI=1S/C12H13ClFNO/c13-10-7-3-6-9(11(10)14)12(16)15-8-4-1-2-5-8/h3,6-8H,1-2,4-5H2,(H,15,16). The number of benzene rings is 1. The van der Waals surface area contributed by atoms with Crippen molar-refractivity contribution in [1.29, 1.82) is 0 Å². The summed E-state index contributed by atoms with van der Waals surface area (Å²) in [7, 11) is 0. The fourth-order valence-corrected chi connectivity index (χ4v) is 2.19. The average Bonchev–Trinajstić information content (AvgIpc) is 2.74. The molecular weight excluding hydrogens is 229 g/mol. The van der Waals surface area contributed by atoms with Gasteiger partial charge < -0.3 is 5.32 Å². The second-order valence-electron chi connectivity index (χ2n) is 4.06. The number of carbonyl (C=O) groups is 1. The van der Waals surface area contributed by atoms with Gasteiger partial charge in [-0.25, -0.2) is 4.39 Å². The van der Waals surface area contributed by atoms with E-state index in [9.17, 15) is 9.18 Å². The number of carbonyl (C=O) groups excluding carboxylic acids is 1. The number of nitrogens with one attached hydrogen (secondary N) is 1. The molecule has 0 radical (unpaired) electrons. The van der Waals surface area contributed by atoms with Gasteiger partial charge in [-0.3, -0.25) is 4.79 Å². The first-order chi connectivity index (χ1) is 7.68. The van der Waals surface area contributed by atoms with Crippen molar-refractivity contribution in [2.75, 3.05) is 0 Å². The summed E-state index contributed by atoms with van der Waals surface area (Å²) in [6.45, 7) is 0. The van der Waals surface area contributed by atoms with Crippen molar-refractivity contribution in [1.82, 2.24) is 5.32 Å². The van der Waals surface area contributed by atoms with E-state index in [1.165, 1.54) is 12.1 Å². The molecule has 1 aromatic carbocycles. The van der Waals surface area contributed by atoms with Crippen molar-refractivity contribution in [2.24, 2.45) is 0 Å². The van der Waals surface area contributed by atoms with Crippen LogP contribution >= 0.6 is 11.6 Å². The second kappa shape index (κ2) is 4.83. The van der Waals surface area contributed by atoms with Crippen molar-refractivity contribution in [3.63, 3.8) is 0 Å². The van der Waals surface area contributed by atoms with Crippen LogP contribution in [0.2, 0.25) is 5.02 Å². The minimum Gasteiger partial charge on any atom is -0.349 e. The second-order valence-corrected chi connectivity index (χ2v) is 4.46. The SMILES string of the molecule is O=C(NC1CCCC1)c1cccc(Cl)c1F. The Morgan fingerprint density at radius 1 is 1.38 bits per heavy atom. The number of rotatable bonds is 2. The van der Waals surface area contributed by atoms with Crippen LogP contribution in [0.5, 0.6) is 0 Å². The van der Waals surface area contributed by atoms with E-state index < -0.39 is 5.82 Å². The quantitative estimate of drug-likeness (QED) is 0.847. The van der Waals surface area contributed by atoms with Gasteiger partial charge in [0.1, 0.15) is 0 Å². The van der Waals surface area contributed by atoms with Gasteiger partial charge in [0.25, 0.3) is 5.91 Å². The van der Waals surface area contributed by atoms with Crippen molar-refractivity contribution >= 4 is 17.5 Å². The van der Waals surface area contributed by atoms with Crippen LogP contribution in [0.15, 0.2) is 18.2 Å². The third-order valence-corrected chi connectivity index (χ3v) is 3.18. The minimum absolute atomic E-state index is 0.0147. The molecule has 4 heteroatoms. The molecular formula is C12H13ClFNO. The summed E-state index contributed by atoms with van der Waals surface area (Å²) in [5, 5.41) is 2.81. The molecule has 2 nitrogen and oxygen atoms in total. The molecule has 1 fully saturated rings. The van der Waals surface area contributed by atoms with Crippen LogP contribution in [-0.2, 0) is 0 Å². The maximum absolute atomic E-state index is 13.5. The maximum atomic E-state index is 13.5. The summed E-state index contributed by atoms with van der Waals surface area (Å²) in [6.07, 6.45) is 4.22. The third-order valence-electron chi connectivity index (χ3n) is 2.89. The van der Waals surface area contributed by atoms with Gasteiger partial charge in [0, 0.05) is 6.04 Å². The summed E-state index contributed by atoms with van der Waals surface area (Å²) >= 11 is 5.62. The van der Waals surface area contributed by atoms with E-state index in [2.05, 4.69) is 5.32 Å². The van der Waals surface area contributed by atoms with Gasteiger partial charge in [-0.15, -0.1) is 0 Å². The molecule has 0 heterocycles. The zero-order chi connectivity index (χ0) is 11.5. The predicted octanol–water partition coefficient (Wildman–Crippen LogP) is 3.15. The Hall–Kier alpha value is -1.09. The van der Waals surface area contributed by atoms with E-state index in [1.807, 2.05) is 0 Å². The molecule has 0 aromatic heterocycles. The molecule has 16 heavy (non-hydrogen) atoms. The lowest BCUT2D eigenvalue weighted by Crippen LogP contribution is -2.33. The Morgan fingerprint density at radius 2 is 2.06 bits per heavy atom. The van der Waals surface area contributed by atoms with E-state index >= 15 is 0 Å². The maximum Gasteiger partial charge on any atom is 0.254 e. The van der Waals surface area contributed by atoms with Gasteiger partial charge in [0.15, 0.2) is 5.82 Å². The van der Waals surface area contributed by atoms with Crippen LogP contribution in [0, 0.1) is 5.82 Å². The summed E-state index contributed by atoms with van der Waals surface area (Å²) in [6, 6.07) is 4.65. The van der Waals surface area contributed by atoms with Gasteiger partial charge in [-0.1, -0.05) is 30.5 Å². The van der Waals surface area contributed by atoms with E-state index in [0.717, 1.165) is 25.7 Å². The average molecular weight is 242 g/mol. The molecule has 1 aromatic rings. The minimum atomic E-state index is -0.639. The van der Waals surface area contributed by atoms with E-state index in [4.69, 9.17) is 11.6 Å². The predicted molar refractivity (Wildman–Crippen MR) is 61.1 cm³/mol. The monoisotopic (exact) mass is 241 g/mol. The van der Waals surface area contributed by atoms with Gasteiger partial charge in [0.2, 0.25) is 0 Å². The molecule has 1 aliphatic rings. The Bertz CT molecular complexity index is 402. The largest absolute Gasteiger partial charge is 0.349 e. The van der Waals surface area contributed by atoms with Crippen LogP contribution in [-0.4, -0.2) is 11.9 Å². The Kier molecular flexibility index (Phi) is 3.44. The van der Waals surface area contributed by atoms with Crippen LogP contribution in [0.4, 0.5) is 4.39 Å². The summed E-state index contributed by atoms with van der Waals surface area (Å²) in [5.74, 6) is -1.01. The van der Waals surface area contributed by atoms with Crippen LogP contribution in [0.25, 0.3) is 0 Å². The molecule has 0 unspecified atom stereocenters. The lowest BCUT2D eigenvalue weighted by Gasteiger charge is -2.12. The molecule has 1 N–H and O–H groups in total. The van der Waals surface area contributed by atoms with E-state index in [-0.39, 0.29) is 22.5 Å². The first-order valence-electron chi connectivity index (χ1n) is 5.43. The van der Waals surface area contributed by atoms with E-state index in [0.29, 0.717) is 0 Å². The Labute approximate surface area is 98.8 Å². The highest BCUT2D eigenvalue weighted by molar-refractivity contribution is 6.31. The molecule has 0 spiro atoms. The summed E-state index contributed by atoms with van der Waals surface area (Å²) in [5.41, 5.74) is 0.0272. The lowest BCUT2D eigenvalue weighted by molar-refractivity contribution is 0.0934. The number of hydrogen-bond donors (Lipinski definition) is 1. The summed E-state index contributed by atoms with van der Waals surface area (Å²) in [4.78, 5) is 11.8. The zero-order valence-electron chi connectivity index (χ0n) is 8.80. The molecule has 0 saturated heterocycles. The number of amides is 1. The van der Waals surface area contributed by atoms with E-state index in [1.54, 1.807) is 6.07 Å². The van der Waals surface area contributed by atoms with Crippen molar-refractivity contribution < 1.29 is 9.18 Å². The molecule has 86 valence electrons. The Morgan fingerprint density at radius 3 is 2.75 bits per heavy atom. The number of halogens is 2. The molecule has 0 atom stereocenters. The van der Waals surface area contributed by atoms with Gasteiger partial charge >= 0.3 is 0 Å². The van der Waals surface area contributed by atoms with Gasteiger partial charge in [-0.05, 0) is 25.0 Å². The molecule has 2 rings (SSSR count). The first-order valence-corrected chi connectivity index (χ1v) is 5.81. The molecule has 1 saturated carbocycles. The molecule has 0 bridgehead atoms. The first kappa shape index (κ1) is 11.4. The Balaban J connectivity index is 2.11. The fourth-order valence-electron chi connectivity index (χ4n) is 2.01. The highest BCUT2D eigenvalue weighted by atomic mass is 35.5. The molecule has 1 aliphatic carbocycles. The van der Waals surface area contributed by atoms with Crippen molar-refractivity contribution in [2.45, 2.75) is 31.7 Å². The lowest BCUT2D eigenvalue weighted by atomic mass is 10.1. The normalized spacial score (nSPS) is 16.4. The topological polar surface area (TPSA) is 29.1 Å². The molecule has 0 aliphatic heterocycles. The van der Waals surface area contributed by atoms with Crippen LogP contribution in [0.1, 0.15) is 36.0 Å². The van der Waals surface area contributed by atoms with Gasteiger partial charge in [-0.2, -0.15) is 0 Å². The van der Waals surface area contributed by atoms with Crippen molar-refractivity contribution in [3.05, 3.63) is 34.6 Å². The zero-order valence-corrected chi connectivity index (χ0v) is 9.56. The highest BCUT2D eigenvalue weighted by Gasteiger charge is 2.20. The summed E-state index contributed by atoms with van der Waals surface area (Å²) < 4.78 is 13.5. The third kappa shape index (κ3) is 2.35.